The number of hydrogen-bond acceptors (Lipinski definition) is 2. The molecule has 1 aliphatic carbocycles. The Morgan fingerprint density at radius 3 is 2.94 bits per heavy atom. The minimum absolute atomic E-state index is 0.0912. The van der Waals surface area contributed by atoms with Crippen molar-refractivity contribution in [2.45, 2.75) is 38.4 Å². The molecular formula is C13H17FO2. The standard InChI is InChI=1S/C13H17FO2/c1-9(2)16-8-13(15)6-5-10-7-11(14)3-4-12(10)13/h3-4,7,9,15H,5-6,8H2,1-2H3. The molecule has 2 nitrogen and oxygen atoms in total. The first kappa shape index (κ1) is 11.6. The third-order valence-electron chi connectivity index (χ3n) is 3.03. The fourth-order valence-corrected chi connectivity index (χ4v) is 2.15. The van der Waals surface area contributed by atoms with Crippen LogP contribution in [-0.2, 0) is 16.8 Å². The van der Waals surface area contributed by atoms with Crippen molar-refractivity contribution in [3.63, 3.8) is 0 Å². The van der Waals surface area contributed by atoms with Crippen molar-refractivity contribution in [1.82, 2.24) is 0 Å². The summed E-state index contributed by atoms with van der Waals surface area (Å²) in [6, 6.07) is 4.56. The minimum atomic E-state index is -0.937. The third kappa shape index (κ3) is 2.11. The Morgan fingerprint density at radius 1 is 1.50 bits per heavy atom. The van der Waals surface area contributed by atoms with Crippen molar-refractivity contribution in [2.24, 2.45) is 0 Å². The number of benzene rings is 1. The van der Waals surface area contributed by atoms with Gasteiger partial charge in [0.25, 0.3) is 0 Å². The Morgan fingerprint density at radius 2 is 2.25 bits per heavy atom. The lowest BCUT2D eigenvalue weighted by molar-refractivity contribution is -0.0677. The van der Waals surface area contributed by atoms with E-state index in [4.69, 9.17) is 4.74 Å². The number of rotatable bonds is 3. The first-order chi connectivity index (χ1) is 7.51. The van der Waals surface area contributed by atoms with Crippen molar-refractivity contribution in [3.05, 3.63) is 35.1 Å². The van der Waals surface area contributed by atoms with Gasteiger partial charge in [-0.3, -0.25) is 0 Å². The van der Waals surface area contributed by atoms with Crippen LogP contribution in [0.5, 0.6) is 0 Å². The Bertz CT molecular complexity index is 390. The summed E-state index contributed by atoms with van der Waals surface area (Å²) in [5, 5.41) is 10.4. The van der Waals surface area contributed by atoms with E-state index in [1.807, 2.05) is 13.8 Å². The third-order valence-corrected chi connectivity index (χ3v) is 3.03. The first-order valence-corrected chi connectivity index (χ1v) is 5.64. The zero-order valence-corrected chi connectivity index (χ0v) is 9.66. The van der Waals surface area contributed by atoms with Crippen LogP contribution in [0.15, 0.2) is 18.2 Å². The van der Waals surface area contributed by atoms with E-state index in [1.54, 1.807) is 6.07 Å². The number of ether oxygens (including phenoxy) is 1. The van der Waals surface area contributed by atoms with E-state index < -0.39 is 5.60 Å². The summed E-state index contributed by atoms with van der Waals surface area (Å²) >= 11 is 0. The Kier molecular flexibility index (Phi) is 3.00. The number of halogens is 1. The van der Waals surface area contributed by atoms with Gasteiger partial charge in [-0.2, -0.15) is 0 Å². The molecule has 1 atom stereocenters. The predicted molar refractivity (Wildman–Crippen MR) is 59.7 cm³/mol. The summed E-state index contributed by atoms with van der Waals surface area (Å²) in [4.78, 5) is 0. The molecule has 88 valence electrons. The normalized spacial score (nSPS) is 23.8. The van der Waals surface area contributed by atoms with Gasteiger partial charge >= 0.3 is 0 Å². The van der Waals surface area contributed by atoms with Gasteiger partial charge in [0.15, 0.2) is 0 Å². The molecule has 2 rings (SSSR count). The molecule has 1 N–H and O–H groups in total. The van der Waals surface area contributed by atoms with E-state index in [9.17, 15) is 9.50 Å². The van der Waals surface area contributed by atoms with Crippen molar-refractivity contribution in [1.29, 1.82) is 0 Å². The topological polar surface area (TPSA) is 29.5 Å². The largest absolute Gasteiger partial charge is 0.383 e. The van der Waals surface area contributed by atoms with Gasteiger partial charge in [-0.05, 0) is 49.9 Å². The molecule has 16 heavy (non-hydrogen) atoms. The zero-order valence-electron chi connectivity index (χ0n) is 9.66. The Labute approximate surface area is 95.1 Å². The average molecular weight is 224 g/mol. The van der Waals surface area contributed by atoms with Crippen molar-refractivity contribution < 1.29 is 14.2 Å². The molecule has 0 radical (unpaired) electrons. The monoisotopic (exact) mass is 224 g/mol. The quantitative estimate of drug-likeness (QED) is 0.854. The molecule has 0 saturated carbocycles. The van der Waals surface area contributed by atoms with Gasteiger partial charge in [-0.1, -0.05) is 6.07 Å². The molecule has 0 amide bonds. The van der Waals surface area contributed by atoms with Gasteiger partial charge in [0.1, 0.15) is 11.4 Å². The van der Waals surface area contributed by atoms with Crippen molar-refractivity contribution >= 4 is 0 Å². The van der Waals surface area contributed by atoms with Gasteiger partial charge in [0.2, 0.25) is 0 Å². The van der Waals surface area contributed by atoms with Crippen LogP contribution in [0.4, 0.5) is 4.39 Å². The highest BCUT2D eigenvalue weighted by molar-refractivity contribution is 5.37. The van der Waals surface area contributed by atoms with Crippen LogP contribution in [-0.4, -0.2) is 17.8 Å². The van der Waals surface area contributed by atoms with Crippen LogP contribution in [0, 0.1) is 5.82 Å². The van der Waals surface area contributed by atoms with E-state index in [1.165, 1.54) is 12.1 Å². The lowest BCUT2D eigenvalue weighted by Crippen LogP contribution is -2.30. The van der Waals surface area contributed by atoms with Crippen LogP contribution in [0.1, 0.15) is 31.4 Å². The van der Waals surface area contributed by atoms with Gasteiger partial charge in [-0.25, -0.2) is 4.39 Å². The molecule has 1 aliphatic rings. The number of aliphatic hydroxyl groups is 1. The summed E-state index contributed by atoms with van der Waals surface area (Å²) in [6.07, 6.45) is 1.41. The van der Waals surface area contributed by atoms with Crippen LogP contribution in [0.3, 0.4) is 0 Å². The van der Waals surface area contributed by atoms with Gasteiger partial charge in [-0.15, -0.1) is 0 Å². The van der Waals surface area contributed by atoms with E-state index in [-0.39, 0.29) is 18.5 Å². The second-order valence-electron chi connectivity index (χ2n) is 4.69. The molecule has 0 spiro atoms. The van der Waals surface area contributed by atoms with E-state index in [0.29, 0.717) is 12.8 Å². The lowest BCUT2D eigenvalue weighted by Gasteiger charge is -2.25. The molecule has 0 aliphatic heterocycles. The van der Waals surface area contributed by atoms with Crippen molar-refractivity contribution in [2.75, 3.05) is 6.61 Å². The van der Waals surface area contributed by atoms with Crippen molar-refractivity contribution in [3.8, 4) is 0 Å². The smallest absolute Gasteiger partial charge is 0.123 e. The molecule has 0 fully saturated rings. The van der Waals surface area contributed by atoms with Gasteiger partial charge in [0, 0.05) is 0 Å². The summed E-state index contributed by atoms with van der Waals surface area (Å²) < 4.78 is 18.5. The Hall–Kier alpha value is -0.930. The maximum atomic E-state index is 13.0. The van der Waals surface area contributed by atoms with Crippen LogP contribution >= 0.6 is 0 Å². The average Bonchev–Trinajstić information content (AvgIpc) is 2.54. The maximum absolute atomic E-state index is 13.0. The molecule has 1 aromatic carbocycles. The highest BCUT2D eigenvalue weighted by Crippen LogP contribution is 2.37. The highest BCUT2D eigenvalue weighted by Gasteiger charge is 2.37. The van der Waals surface area contributed by atoms with E-state index >= 15 is 0 Å². The highest BCUT2D eigenvalue weighted by atomic mass is 19.1. The fraction of sp³-hybridized carbons (Fsp3) is 0.538. The molecule has 0 saturated heterocycles. The second-order valence-corrected chi connectivity index (χ2v) is 4.69. The number of fused-ring (bicyclic) bond motifs is 1. The lowest BCUT2D eigenvalue weighted by atomic mass is 9.97. The molecule has 0 aromatic heterocycles. The molecule has 1 aromatic rings. The van der Waals surface area contributed by atoms with Gasteiger partial charge < -0.3 is 9.84 Å². The van der Waals surface area contributed by atoms with Crippen LogP contribution < -0.4 is 0 Å². The summed E-state index contributed by atoms with van der Waals surface area (Å²) in [5.41, 5.74) is 0.775. The Balaban J connectivity index is 2.21. The predicted octanol–water partition coefficient (Wildman–Crippen LogP) is 2.38. The molecule has 3 heteroatoms. The van der Waals surface area contributed by atoms with Gasteiger partial charge in [0.05, 0.1) is 12.7 Å². The maximum Gasteiger partial charge on any atom is 0.123 e. The second kappa shape index (κ2) is 4.15. The summed E-state index contributed by atoms with van der Waals surface area (Å²) in [7, 11) is 0. The summed E-state index contributed by atoms with van der Waals surface area (Å²) in [5.74, 6) is -0.243. The van der Waals surface area contributed by atoms with Crippen LogP contribution in [0.25, 0.3) is 0 Å². The van der Waals surface area contributed by atoms with E-state index in [2.05, 4.69) is 0 Å². The molecule has 0 heterocycles. The number of aryl methyl sites for hydroxylation is 1. The fourth-order valence-electron chi connectivity index (χ4n) is 2.15. The first-order valence-electron chi connectivity index (χ1n) is 5.64. The zero-order chi connectivity index (χ0) is 11.8. The summed E-state index contributed by atoms with van der Waals surface area (Å²) in [6.45, 7) is 4.15. The SMILES string of the molecule is CC(C)OCC1(O)CCc2cc(F)ccc21. The number of hydrogen-bond donors (Lipinski definition) is 1. The van der Waals surface area contributed by atoms with Crippen LogP contribution in [0.2, 0.25) is 0 Å². The van der Waals surface area contributed by atoms with E-state index in [0.717, 1.165) is 11.1 Å². The molecule has 0 bridgehead atoms. The molecule has 1 unspecified atom stereocenters. The minimum Gasteiger partial charge on any atom is -0.383 e. The molecular weight excluding hydrogens is 207 g/mol.